The van der Waals surface area contributed by atoms with Gasteiger partial charge >= 0.3 is 6.09 Å². The summed E-state index contributed by atoms with van der Waals surface area (Å²) in [6, 6.07) is 0. The maximum atomic E-state index is 10.9. The quantitative estimate of drug-likeness (QED) is 0.557. The fourth-order valence-electron chi connectivity index (χ4n) is 1.01. The van der Waals surface area contributed by atoms with Crippen molar-refractivity contribution < 1.29 is 14.3 Å². The normalized spacial score (nSPS) is 17.2. The van der Waals surface area contributed by atoms with Gasteiger partial charge in [-0.25, -0.2) is 9.69 Å². The number of ether oxygens (including phenoxy) is 1. The number of nitrogens with zero attached hydrogens (tertiary/aromatic N) is 1. The zero-order chi connectivity index (χ0) is 8.27. The highest BCUT2D eigenvalue weighted by Gasteiger charge is 2.26. The van der Waals surface area contributed by atoms with E-state index in [1.54, 1.807) is 0 Å². The molecule has 4 heteroatoms. The average molecular weight is 156 g/mol. The molecule has 0 aromatic heterocycles. The Bertz CT molecular complexity index is 179. The van der Waals surface area contributed by atoms with E-state index in [1.165, 1.54) is 0 Å². The minimum atomic E-state index is -0.567. The van der Waals surface area contributed by atoms with Crippen LogP contribution < -0.4 is 0 Å². The first-order chi connectivity index (χ1) is 5.25. The predicted molar refractivity (Wildman–Crippen MR) is 37.7 cm³/mol. The van der Waals surface area contributed by atoms with Gasteiger partial charge in [0, 0.05) is 13.0 Å². The first-order valence-corrected chi connectivity index (χ1v) is 3.52. The van der Waals surface area contributed by atoms with Gasteiger partial charge in [0.2, 0.25) is 5.91 Å². The van der Waals surface area contributed by atoms with E-state index >= 15 is 0 Å². The molecule has 0 bridgehead atoms. The standard InChI is InChI=1S/C7H10NO3/c1-2-11-7(10)8-5-3-4-6(8)9/h1-5H2. The molecule has 0 aromatic rings. The summed E-state index contributed by atoms with van der Waals surface area (Å²) in [5, 5.41) is 0. The van der Waals surface area contributed by atoms with Crippen LogP contribution in [0.2, 0.25) is 0 Å². The van der Waals surface area contributed by atoms with Crippen molar-refractivity contribution in [3.05, 3.63) is 6.92 Å². The van der Waals surface area contributed by atoms with Crippen molar-refractivity contribution >= 4 is 12.0 Å². The number of rotatable bonds is 1. The molecule has 1 rings (SSSR count). The second kappa shape index (κ2) is 3.37. The van der Waals surface area contributed by atoms with Gasteiger partial charge in [0.15, 0.2) is 0 Å². The number of amides is 2. The molecule has 1 aliphatic rings. The molecule has 1 fully saturated rings. The van der Waals surface area contributed by atoms with Gasteiger partial charge < -0.3 is 4.74 Å². The van der Waals surface area contributed by atoms with Crippen LogP contribution >= 0.6 is 0 Å². The fourth-order valence-corrected chi connectivity index (χ4v) is 1.01. The second-order valence-corrected chi connectivity index (χ2v) is 2.26. The van der Waals surface area contributed by atoms with Gasteiger partial charge in [-0.15, -0.1) is 0 Å². The number of hydrogen-bond donors (Lipinski definition) is 0. The molecule has 2 amide bonds. The van der Waals surface area contributed by atoms with Crippen molar-refractivity contribution in [1.29, 1.82) is 0 Å². The Kier molecular flexibility index (Phi) is 2.46. The molecular weight excluding hydrogens is 146 g/mol. The lowest BCUT2D eigenvalue weighted by atomic mass is 10.4. The highest BCUT2D eigenvalue weighted by Crippen LogP contribution is 2.10. The van der Waals surface area contributed by atoms with Crippen LogP contribution in [0.3, 0.4) is 0 Å². The maximum absolute atomic E-state index is 10.9. The Labute approximate surface area is 65.1 Å². The van der Waals surface area contributed by atoms with E-state index in [9.17, 15) is 9.59 Å². The molecule has 0 unspecified atom stereocenters. The molecule has 1 saturated heterocycles. The largest absolute Gasteiger partial charge is 0.449 e. The molecule has 0 atom stereocenters. The molecule has 0 spiro atoms. The average Bonchev–Trinajstić information content (AvgIpc) is 2.36. The Morgan fingerprint density at radius 1 is 1.73 bits per heavy atom. The monoisotopic (exact) mass is 156 g/mol. The lowest BCUT2D eigenvalue weighted by molar-refractivity contribution is -0.126. The molecule has 0 aromatic carbocycles. The second-order valence-electron chi connectivity index (χ2n) is 2.26. The molecule has 4 nitrogen and oxygen atoms in total. The first-order valence-electron chi connectivity index (χ1n) is 3.52. The SMILES string of the molecule is [CH2]COC(=O)N1CCCC1=O. The summed E-state index contributed by atoms with van der Waals surface area (Å²) < 4.78 is 4.55. The fraction of sp³-hybridized carbons (Fsp3) is 0.571. The van der Waals surface area contributed by atoms with E-state index in [0.717, 1.165) is 11.3 Å². The molecule has 0 aliphatic carbocycles. The van der Waals surface area contributed by atoms with Gasteiger partial charge in [-0.3, -0.25) is 4.79 Å². The smallest absolute Gasteiger partial charge is 0.416 e. The third-order valence-corrected chi connectivity index (χ3v) is 1.52. The van der Waals surface area contributed by atoms with Crippen LogP contribution in [0.1, 0.15) is 12.8 Å². The number of carbonyl (C=O) groups is 2. The van der Waals surface area contributed by atoms with Gasteiger partial charge in [-0.1, -0.05) is 0 Å². The summed E-state index contributed by atoms with van der Waals surface area (Å²) in [6.07, 6.45) is 0.625. The van der Waals surface area contributed by atoms with E-state index in [-0.39, 0.29) is 12.5 Å². The van der Waals surface area contributed by atoms with Crippen LogP contribution in [0.15, 0.2) is 0 Å². The van der Waals surface area contributed by atoms with Crippen LogP contribution in [0.5, 0.6) is 0 Å². The summed E-state index contributed by atoms with van der Waals surface area (Å²) in [6.45, 7) is 3.90. The molecule has 61 valence electrons. The minimum Gasteiger partial charge on any atom is -0.449 e. The first kappa shape index (κ1) is 8.04. The molecule has 1 aliphatic heterocycles. The van der Waals surface area contributed by atoms with Crippen LogP contribution in [0.25, 0.3) is 0 Å². The van der Waals surface area contributed by atoms with E-state index < -0.39 is 6.09 Å². The number of imide groups is 1. The predicted octanol–water partition coefficient (Wildman–Crippen LogP) is 0.579. The van der Waals surface area contributed by atoms with Crippen molar-refractivity contribution in [1.82, 2.24) is 4.90 Å². The van der Waals surface area contributed by atoms with E-state index in [2.05, 4.69) is 11.7 Å². The Morgan fingerprint density at radius 2 is 2.45 bits per heavy atom. The molecule has 1 radical (unpaired) electrons. The summed E-state index contributed by atoms with van der Waals surface area (Å²) in [7, 11) is 0. The number of carbonyl (C=O) groups excluding carboxylic acids is 2. The van der Waals surface area contributed by atoms with Crippen molar-refractivity contribution in [2.75, 3.05) is 13.2 Å². The summed E-state index contributed by atoms with van der Waals surface area (Å²) in [5.74, 6) is -0.150. The van der Waals surface area contributed by atoms with Gasteiger partial charge in [0.25, 0.3) is 0 Å². The van der Waals surface area contributed by atoms with E-state index in [0.29, 0.717) is 13.0 Å². The lowest BCUT2D eigenvalue weighted by Gasteiger charge is -2.11. The summed E-state index contributed by atoms with van der Waals surface area (Å²) >= 11 is 0. The number of hydrogen-bond acceptors (Lipinski definition) is 3. The third kappa shape index (κ3) is 1.69. The highest BCUT2D eigenvalue weighted by molar-refractivity contribution is 5.93. The van der Waals surface area contributed by atoms with Gasteiger partial charge in [0.1, 0.15) is 0 Å². The van der Waals surface area contributed by atoms with Crippen LogP contribution in [0.4, 0.5) is 4.79 Å². The van der Waals surface area contributed by atoms with Crippen molar-refractivity contribution in [2.45, 2.75) is 12.8 Å². The van der Waals surface area contributed by atoms with Crippen molar-refractivity contribution in [2.24, 2.45) is 0 Å². The van der Waals surface area contributed by atoms with Crippen LogP contribution in [0, 0.1) is 6.92 Å². The highest BCUT2D eigenvalue weighted by atomic mass is 16.6. The minimum absolute atomic E-state index is 0.0720. The zero-order valence-corrected chi connectivity index (χ0v) is 6.21. The Balaban J connectivity index is 2.46. The molecule has 1 heterocycles. The molecule has 0 saturated carbocycles. The third-order valence-electron chi connectivity index (χ3n) is 1.52. The molecule has 0 N–H and O–H groups in total. The summed E-state index contributed by atoms with van der Waals surface area (Å²) in [5.41, 5.74) is 0. The van der Waals surface area contributed by atoms with Crippen LogP contribution in [-0.2, 0) is 9.53 Å². The zero-order valence-electron chi connectivity index (χ0n) is 6.21. The van der Waals surface area contributed by atoms with Gasteiger partial charge in [-0.05, 0) is 13.3 Å². The topological polar surface area (TPSA) is 46.6 Å². The lowest BCUT2D eigenvalue weighted by Crippen LogP contribution is -2.32. The number of likely N-dealkylation sites (tertiary alicyclic amines) is 1. The molecular formula is C7H10NO3. The molecule has 11 heavy (non-hydrogen) atoms. The van der Waals surface area contributed by atoms with Crippen LogP contribution in [-0.4, -0.2) is 30.1 Å². The Morgan fingerprint density at radius 3 is 2.91 bits per heavy atom. The van der Waals surface area contributed by atoms with E-state index in [4.69, 9.17) is 0 Å². The summed E-state index contributed by atoms with van der Waals surface area (Å²) in [4.78, 5) is 22.9. The Hall–Kier alpha value is -1.06. The van der Waals surface area contributed by atoms with Gasteiger partial charge in [0.05, 0.1) is 6.61 Å². The maximum Gasteiger partial charge on any atom is 0.416 e. The van der Waals surface area contributed by atoms with Crippen molar-refractivity contribution in [3.8, 4) is 0 Å². The van der Waals surface area contributed by atoms with Gasteiger partial charge in [-0.2, -0.15) is 0 Å². The van der Waals surface area contributed by atoms with E-state index in [1.807, 2.05) is 0 Å². The van der Waals surface area contributed by atoms with Crippen molar-refractivity contribution in [3.63, 3.8) is 0 Å².